The fourth-order valence-corrected chi connectivity index (χ4v) is 1.70. The number of aliphatic hydroxyl groups is 1. The number of hydrogen-bond donors (Lipinski definition) is 1. The van der Waals surface area contributed by atoms with E-state index in [9.17, 15) is 5.11 Å². The largest absolute Gasteiger partial charge is 0.393 e. The standard InChI is InChI=1S/C8H16O2/c1-6-3-7(9)5-8(4-6)10-2/h6-9H,3-5H2,1-2H3/t6?,7?,8-/m0/s1. The van der Waals surface area contributed by atoms with Crippen molar-refractivity contribution in [1.29, 1.82) is 0 Å². The molecule has 0 saturated heterocycles. The predicted octanol–water partition coefficient (Wildman–Crippen LogP) is 1.18. The summed E-state index contributed by atoms with van der Waals surface area (Å²) in [7, 11) is 1.72. The van der Waals surface area contributed by atoms with Crippen molar-refractivity contribution in [3.8, 4) is 0 Å². The first-order valence-corrected chi connectivity index (χ1v) is 3.93. The van der Waals surface area contributed by atoms with Crippen LogP contribution < -0.4 is 0 Å². The van der Waals surface area contributed by atoms with Gasteiger partial charge in [0.25, 0.3) is 0 Å². The van der Waals surface area contributed by atoms with Crippen LogP contribution in [0.3, 0.4) is 0 Å². The summed E-state index contributed by atoms with van der Waals surface area (Å²) in [6.07, 6.45) is 3.03. The fraction of sp³-hybridized carbons (Fsp3) is 1.00. The van der Waals surface area contributed by atoms with Crippen LogP contribution in [0.2, 0.25) is 0 Å². The molecule has 0 bridgehead atoms. The van der Waals surface area contributed by atoms with E-state index in [0.717, 1.165) is 19.3 Å². The van der Waals surface area contributed by atoms with Crippen LogP contribution in [0, 0.1) is 5.92 Å². The van der Waals surface area contributed by atoms with Crippen molar-refractivity contribution in [3.63, 3.8) is 0 Å². The first-order valence-electron chi connectivity index (χ1n) is 3.93. The zero-order chi connectivity index (χ0) is 7.56. The second kappa shape index (κ2) is 3.35. The molecule has 1 N–H and O–H groups in total. The molecular formula is C8H16O2. The molecular weight excluding hydrogens is 128 g/mol. The highest BCUT2D eigenvalue weighted by Gasteiger charge is 2.24. The van der Waals surface area contributed by atoms with Gasteiger partial charge in [0.1, 0.15) is 0 Å². The normalized spacial score (nSPS) is 41.7. The highest BCUT2D eigenvalue weighted by molar-refractivity contribution is 4.76. The lowest BCUT2D eigenvalue weighted by molar-refractivity contribution is -0.00723. The zero-order valence-electron chi connectivity index (χ0n) is 6.71. The fourth-order valence-electron chi connectivity index (χ4n) is 1.70. The molecule has 3 atom stereocenters. The van der Waals surface area contributed by atoms with Gasteiger partial charge in [-0.25, -0.2) is 0 Å². The molecule has 10 heavy (non-hydrogen) atoms. The van der Waals surface area contributed by atoms with Gasteiger partial charge in [-0.05, 0) is 25.2 Å². The Morgan fingerprint density at radius 1 is 1.30 bits per heavy atom. The van der Waals surface area contributed by atoms with Gasteiger partial charge in [-0.1, -0.05) is 6.92 Å². The molecule has 0 aliphatic heterocycles. The third-order valence-corrected chi connectivity index (χ3v) is 2.21. The maximum absolute atomic E-state index is 9.30. The minimum Gasteiger partial charge on any atom is -0.393 e. The number of hydrogen-bond acceptors (Lipinski definition) is 2. The molecule has 60 valence electrons. The molecule has 1 rings (SSSR count). The second-order valence-corrected chi connectivity index (χ2v) is 3.32. The Morgan fingerprint density at radius 2 is 2.00 bits per heavy atom. The lowest BCUT2D eigenvalue weighted by Crippen LogP contribution is -2.29. The number of aliphatic hydroxyl groups excluding tert-OH is 1. The van der Waals surface area contributed by atoms with Crippen LogP contribution >= 0.6 is 0 Å². The van der Waals surface area contributed by atoms with Gasteiger partial charge in [-0.2, -0.15) is 0 Å². The smallest absolute Gasteiger partial charge is 0.0598 e. The van der Waals surface area contributed by atoms with Gasteiger partial charge in [0.15, 0.2) is 0 Å². The Morgan fingerprint density at radius 3 is 2.50 bits per heavy atom. The van der Waals surface area contributed by atoms with Crippen LogP contribution in [0.25, 0.3) is 0 Å². The highest BCUT2D eigenvalue weighted by Crippen LogP contribution is 2.25. The van der Waals surface area contributed by atoms with E-state index in [-0.39, 0.29) is 6.10 Å². The predicted molar refractivity (Wildman–Crippen MR) is 39.8 cm³/mol. The van der Waals surface area contributed by atoms with E-state index < -0.39 is 0 Å². The van der Waals surface area contributed by atoms with Crippen LogP contribution in [0.4, 0.5) is 0 Å². The highest BCUT2D eigenvalue weighted by atomic mass is 16.5. The molecule has 1 fully saturated rings. The summed E-state index contributed by atoms with van der Waals surface area (Å²) in [6, 6.07) is 0. The van der Waals surface area contributed by atoms with Crippen LogP contribution in [0.5, 0.6) is 0 Å². The number of rotatable bonds is 1. The molecule has 0 aromatic rings. The molecule has 1 saturated carbocycles. The minimum atomic E-state index is -0.131. The summed E-state index contributed by atoms with van der Waals surface area (Å²) < 4.78 is 5.17. The van der Waals surface area contributed by atoms with E-state index >= 15 is 0 Å². The molecule has 0 heterocycles. The summed E-state index contributed by atoms with van der Waals surface area (Å²) in [6.45, 7) is 2.16. The quantitative estimate of drug-likeness (QED) is 0.599. The van der Waals surface area contributed by atoms with Gasteiger partial charge >= 0.3 is 0 Å². The van der Waals surface area contributed by atoms with Crippen molar-refractivity contribution in [1.82, 2.24) is 0 Å². The van der Waals surface area contributed by atoms with Gasteiger partial charge in [-0.3, -0.25) is 0 Å². The van der Waals surface area contributed by atoms with E-state index in [1.54, 1.807) is 7.11 Å². The monoisotopic (exact) mass is 144 g/mol. The van der Waals surface area contributed by atoms with Crippen molar-refractivity contribution in [3.05, 3.63) is 0 Å². The Kier molecular flexibility index (Phi) is 2.69. The van der Waals surface area contributed by atoms with Crippen molar-refractivity contribution < 1.29 is 9.84 Å². The third kappa shape index (κ3) is 1.96. The van der Waals surface area contributed by atoms with E-state index in [2.05, 4.69) is 6.92 Å². The molecule has 0 amide bonds. The molecule has 0 aromatic carbocycles. The number of methoxy groups -OCH3 is 1. The van der Waals surface area contributed by atoms with E-state index in [1.807, 2.05) is 0 Å². The van der Waals surface area contributed by atoms with E-state index in [1.165, 1.54) is 0 Å². The molecule has 2 nitrogen and oxygen atoms in total. The summed E-state index contributed by atoms with van der Waals surface area (Å²) in [5.41, 5.74) is 0. The molecule has 2 heteroatoms. The topological polar surface area (TPSA) is 29.5 Å². The third-order valence-electron chi connectivity index (χ3n) is 2.21. The lowest BCUT2D eigenvalue weighted by atomic mass is 9.87. The van der Waals surface area contributed by atoms with Gasteiger partial charge < -0.3 is 9.84 Å². The summed E-state index contributed by atoms with van der Waals surface area (Å²) in [5, 5.41) is 9.30. The van der Waals surface area contributed by atoms with Crippen LogP contribution in [0.15, 0.2) is 0 Å². The average molecular weight is 144 g/mol. The molecule has 0 aromatic heterocycles. The van der Waals surface area contributed by atoms with Gasteiger partial charge in [0.2, 0.25) is 0 Å². The molecule has 2 unspecified atom stereocenters. The first kappa shape index (κ1) is 8.02. The minimum absolute atomic E-state index is 0.131. The average Bonchev–Trinajstić information content (AvgIpc) is 1.85. The Bertz CT molecular complexity index is 93.4. The molecule has 1 aliphatic carbocycles. The van der Waals surface area contributed by atoms with Crippen molar-refractivity contribution in [2.75, 3.05) is 7.11 Å². The summed E-state index contributed by atoms with van der Waals surface area (Å²) >= 11 is 0. The molecule has 1 aliphatic rings. The molecule has 0 radical (unpaired) electrons. The van der Waals surface area contributed by atoms with Crippen molar-refractivity contribution >= 4 is 0 Å². The van der Waals surface area contributed by atoms with Crippen LogP contribution in [-0.2, 0) is 4.74 Å². The Labute approximate surface area is 62.2 Å². The van der Waals surface area contributed by atoms with E-state index in [4.69, 9.17) is 4.74 Å². The zero-order valence-corrected chi connectivity index (χ0v) is 6.71. The van der Waals surface area contributed by atoms with Crippen molar-refractivity contribution in [2.45, 2.75) is 38.4 Å². The lowest BCUT2D eigenvalue weighted by Gasteiger charge is -2.29. The summed E-state index contributed by atoms with van der Waals surface area (Å²) in [4.78, 5) is 0. The second-order valence-electron chi connectivity index (χ2n) is 3.32. The maximum Gasteiger partial charge on any atom is 0.0598 e. The van der Waals surface area contributed by atoms with E-state index in [0.29, 0.717) is 12.0 Å². The van der Waals surface area contributed by atoms with Gasteiger partial charge in [0.05, 0.1) is 12.2 Å². The van der Waals surface area contributed by atoms with Gasteiger partial charge in [-0.15, -0.1) is 0 Å². The van der Waals surface area contributed by atoms with Crippen molar-refractivity contribution in [2.24, 2.45) is 5.92 Å². The Balaban J connectivity index is 2.35. The number of ether oxygens (including phenoxy) is 1. The maximum atomic E-state index is 9.30. The molecule has 0 spiro atoms. The SMILES string of the molecule is CO[C@H]1CC(C)CC(O)C1. The van der Waals surface area contributed by atoms with Crippen LogP contribution in [-0.4, -0.2) is 24.4 Å². The Hall–Kier alpha value is -0.0800. The summed E-state index contributed by atoms with van der Waals surface area (Å²) in [5.74, 6) is 0.619. The van der Waals surface area contributed by atoms with Gasteiger partial charge in [0, 0.05) is 7.11 Å². The van der Waals surface area contributed by atoms with Crippen LogP contribution in [0.1, 0.15) is 26.2 Å². The first-order chi connectivity index (χ1) is 4.72.